The highest BCUT2D eigenvalue weighted by Gasteiger charge is 2.19. The average molecular weight is 348 g/mol. The lowest BCUT2D eigenvalue weighted by Crippen LogP contribution is -2.32. The Hall–Kier alpha value is -1.41. The van der Waals surface area contributed by atoms with E-state index in [2.05, 4.69) is 4.72 Å². The molecule has 2 N–H and O–H groups in total. The molecule has 0 aliphatic rings. The zero-order valence-corrected chi connectivity index (χ0v) is 13.1. The molecule has 1 aromatic carbocycles. The normalized spacial score (nSPS) is 13.2. The fraction of sp³-hybridized carbons (Fsp3) is 0.286. The molecule has 0 radical (unpaired) electrons. The molecule has 1 aromatic heterocycles. The Kier molecular flexibility index (Phi) is 5.57. The van der Waals surface area contributed by atoms with Crippen molar-refractivity contribution < 1.29 is 22.3 Å². The molecule has 8 heteroatoms. The zero-order chi connectivity index (χ0) is 16.2. The largest absolute Gasteiger partial charge is 0.469 e. The van der Waals surface area contributed by atoms with Crippen molar-refractivity contribution >= 4 is 21.6 Å². The number of benzene rings is 1. The second-order valence-electron chi connectivity index (χ2n) is 4.79. The molecular formula is C14H15ClFNO4S. The summed E-state index contributed by atoms with van der Waals surface area (Å²) >= 11 is 5.66. The van der Waals surface area contributed by atoms with E-state index in [4.69, 9.17) is 16.0 Å². The van der Waals surface area contributed by atoms with Crippen molar-refractivity contribution in [1.29, 1.82) is 0 Å². The Morgan fingerprint density at radius 3 is 2.73 bits per heavy atom. The van der Waals surface area contributed by atoms with Crippen LogP contribution in [0.25, 0.3) is 0 Å². The summed E-state index contributed by atoms with van der Waals surface area (Å²) in [5.41, 5.74) is 0. The van der Waals surface area contributed by atoms with Gasteiger partial charge in [-0.2, -0.15) is 0 Å². The number of sulfonamides is 1. The van der Waals surface area contributed by atoms with Crippen LogP contribution in [0.15, 0.2) is 45.9 Å². The Morgan fingerprint density at radius 1 is 1.36 bits per heavy atom. The van der Waals surface area contributed by atoms with E-state index in [1.807, 2.05) is 0 Å². The highest BCUT2D eigenvalue weighted by atomic mass is 35.5. The Bertz CT molecular complexity index is 698. The summed E-state index contributed by atoms with van der Waals surface area (Å²) in [5, 5.41) is 9.32. The first-order valence-corrected chi connectivity index (χ1v) is 8.36. The van der Waals surface area contributed by atoms with Crippen molar-refractivity contribution in [3.63, 3.8) is 0 Å². The molecule has 0 spiro atoms. The summed E-state index contributed by atoms with van der Waals surface area (Å²) in [6.07, 6.45) is 1.89. The molecule has 1 unspecified atom stereocenters. The predicted octanol–water partition coefficient (Wildman–Crippen LogP) is 2.20. The first-order valence-electron chi connectivity index (χ1n) is 6.49. The van der Waals surface area contributed by atoms with Crippen LogP contribution in [0.4, 0.5) is 4.39 Å². The zero-order valence-electron chi connectivity index (χ0n) is 11.5. The number of aliphatic hydroxyl groups is 1. The third-order valence-corrected chi connectivity index (χ3v) is 4.66. The van der Waals surface area contributed by atoms with Gasteiger partial charge in [0.05, 0.1) is 11.2 Å². The molecule has 120 valence electrons. The summed E-state index contributed by atoms with van der Waals surface area (Å²) < 4.78 is 45.0. The molecule has 5 nitrogen and oxygen atoms in total. The maximum atomic E-state index is 13.2. The van der Waals surface area contributed by atoms with Gasteiger partial charge in [-0.05, 0) is 30.3 Å². The maximum absolute atomic E-state index is 13.2. The number of hydrogen-bond donors (Lipinski definition) is 2. The number of rotatable bonds is 7. The van der Waals surface area contributed by atoms with Gasteiger partial charge < -0.3 is 9.52 Å². The molecular weight excluding hydrogens is 333 g/mol. The number of furan rings is 1. The van der Waals surface area contributed by atoms with Crippen molar-refractivity contribution in [3.05, 3.63) is 53.2 Å². The summed E-state index contributed by atoms with van der Waals surface area (Å²) in [6, 6.07) is 6.52. The average Bonchev–Trinajstić information content (AvgIpc) is 2.95. The third kappa shape index (κ3) is 4.54. The van der Waals surface area contributed by atoms with E-state index in [0.717, 1.165) is 18.2 Å². The highest BCUT2D eigenvalue weighted by molar-refractivity contribution is 7.89. The van der Waals surface area contributed by atoms with Gasteiger partial charge in [0.2, 0.25) is 10.0 Å². The fourth-order valence-corrected chi connectivity index (χ4v) is 3.37. The Labute approximate surface area is 132 Å². The number of hydrogen-bond acceptors (Lipinski definition) is 4. The van der Waals surface area contributed by atoms with Crippen LogP contribution >= 0.6 is 11.6 Å². The monoisotopic (exact) mass is 347 g/mol. The standard InChI is InChI=1S/C14H15ClFNO4S/c15-11-5-12(16)7-14(6-11)22(19,20)17-8-10(9-18)4-13-2-1-3-21-13/h1-3,5-7,10,17-18H,4,8-9H2. The third-order valence-electron chi connectivity index (χ3n) is 3.04. The molecule has 22 heavy (non-hydrogen) atoms. The Balaban J connectivity index is 2.04. The van der Waals surface area contributed by atoms with Gasteiger partial charge in [-0.25, -0.2) is 17.5 Å². The number of halogens is 2. The van der Waals surface area contributed by atoms with E-state index < -0.39 is 15.8 Å². The highest BCUT2D eigenvalue weighted by Crippen LogP contribution is 2.18. The van der Waals surface area contributed by atoms with E-state index in [9.17, 15) is 17.9 Å². The van der Waals surface area contributed by atoms with Crippen LogP contribution in [0.3, 0.4) is 0 Å². The van der Waals surface area contributed by atoms with Gasteiger partial charge in [0.15, 0.2) is 0 Å². The molecule has 0 aliphatic carbocycles. The van der Waals surface area contributed by atoms with E-state index in [0.29, 0.717) is 12.2 Å². The second kappa shape index (κ2) is 7.23. The lowest BCUT2D eigenvalue weighted by Gasteiger charge is -2.14. The van der Waals surface area contributed by atoms with Gasteiger partial charge in [-0.15, -0.1) is 0 Å². The van der Waals surface area contributed by atoms with Crippen LogP contribution in [0.2, 0.25) is 5.02 Å². The Morgan fingerprint density at radius 2 is 2.14 bits per heavy atom. The van der Waals surface area contributed by atoms with Gasteiger partial charge in [0.25, 0.3) is 0 Å². The van der Waals surface area contributed by atoms with Crippen molar-refractivity contribution in [3.8, 4) is 0 Å². The molecule has 0 saturated carbocycles. The van der Waals surface area contributed by atoms with E-state index in [-0.39, 0.29) is 29.0 Å². The minimum atomic E-state index is -3.91. The van der Waals surface area contributed by atoms with Crippen molar-refractivity contribution in [1.82, 2.24) is 4.72 Å². The van der Waals surface area contributed by atoms with Crippen molar-refractivity contribution in [2.75, 3.05) is 13.2 Å². The van der Waals surface area contributed by atoms with Gasteiger partial charge in [-0.3, -0.25) is 0 Å². The molecule has 0 bridgehead atoms. The SMILES string of the molecule is O=S(=O)(NCC(CO)Cc1ccco1)c1cc(F)cc(Cl)c1. The van der Waals surface area contributed by atoms with Crippen LogP contribution in [0.1, 0.15) is 5.76 Å². The van der Waals surface area contributed by atoms with Gasteiger partial charge >= 0.3 is 0 Å². The van der Waals surface area contributed by atoms with Crippen LogP contribution < -0.4 is 4.72 Å². The molecule has 0 fully saturated rings. The first-order chi connectivity index (χ1) is 10.4. The molecule has 0 aliphatic heterocycles. The molecule has 2 aromatic rings. The summed E-state index contributed by atoms with van der Waals surface area (Å²) in [4.78, 5) is -0.257. The topological polar surface area (TPSA) is 79.5 Å². The quantitative estimate of drug-likeness (QED) is 0.804. The van der Waals surface area contributed by atoms with Crippen molar-refractivity contribution in [2.24, 2.45) is 5.92 Å². The number of nitrogens with one attached hydrogen (secondary N) is 1. The summed E-state index contributed by atoms with van der Waals surface area (Å²) in [6.45, 7) is -0.221. The van der Waals surface area contributed by atoms with E-state index >= 15 is 0 Å². The predicted molar refractivity (Wildman–Crippen MR) is 79.6 cm³/mol. The molecule has 0 saturated heterocycles. The van der Waals surface area contributed by atoms with Gasteiger partial charge in [-0.1, -0.05) is 11.6 Å². The molecule has 1 heterocycles. The molecule has 0 amide bonds. The van der Waals surface area contributed by atoms with Crippen LogP contribution in [-0.4, -0.2) is 26.7 Å². The summed E-state index contributed by atoms with van der Waals surface area (Å²) in [7, 11) is -3.91. The van der Waals surface area contributed by atoms with E-state index in [1.165, 1.54) is 6.26 Å². The smallest absolute Gasteiger partial charge is 0.240 e. The lowest BCUT2D eigenvalue weighted by molar-refractivity contribution is 0.221. The second-order valence-corrected chi connectivity index (χ2v) is 6.99. The van der Waals surface area contributed by atoms with Crippen LogP contribution in [0.5, 0.6) is 0 Å². The van der Waals surface area contributed by atoms with Crippen molar-refractivity contribution in [2.45, 2.75) is 11.3 Å². The minimum absolute atomic E-state index is 0.00494. The van der Waals surface area contributed by atoms with Crippen LogP contribution in [-0.2, 0) is 16.4 Å². The van der Waals surface area contributed by atoms with E-state index in [1.54, 1.807) is 12.1 Å². The summed E-state index contributed by atoms with van der Waals surface area (Å²) in [5.74, 6) is -0.445. The minimum Gasteiger partial charge on any atom is -0.469 e. The van der Waals surface area contributed by atoms with Gasteiger partial charge in [0.1, 0.15) is 11.6 Å². The molecule has 1 atom stereocenters. The van der Waals surface area contributed by atoms with Crippen LogP contribution in [0, 0.1) is 11.7 Å². The fourth-order valence-electron chi connectivity index (χ4n) is 1.91. The number of aliphatic hydroxyl groups excluding tert-OH is 1. The van der Waals surface area contributed by atoms with Gasteiger partial charge in [0, 0.05) is 30.5 Å². The maximum Gasteiger partial charge on any atom is 0.240 e. The molecule has 2 rings (SSSR count). The lowest BCUT2D eigenvalue weighted by atomic mass is 10.1. The first kappa shape index (κ1) is 17.0.